The molecule has 190 valence electrons. The van der Waals surface area contributed by atoms with Crippen molar-refractivity contribution >= 4 is 17.6 Å². The highest BCUT2D eigenvalue weighted by atomic mass is 16.5. The van der Waals surface area contributed by atoms with E-state index in [1.807, 2.05) is 66.1 Å². The Labute approximate surface area is 216 Å². The van der Waals surface area contributed by atoms with Crippen LogP contribution in [-0.4, -0.2) is 26.4 Å². The smallest absolute Gasteiger partial charge is 0.336 e. The number of carbonyl (C=O) groups excluding carboxylic acids is 1. The van der Waals surface area contributed by atoms with Crippen LogP contribution in [0.25, 0.3) is 16.8 Å². The maximum absolute atomic E-state index is 13.7. The van der Waals surface area contributed by atoms with Crippen LogP contribution in [0.5, 0.6) is 0 Å². The molecule has 0 bridgehead atoms. The lowest BCUT2D eigenvalue weighted by atomic mass is 9.69. The number of carboxylic acids is 1. The van der Waals surface area contributed by atoms with Crippen LogP contribution in [0, 0.1) is 6.92 Å². The normalized spacial score (nSPS) is 15.0. The van der Waals surface area contributed by atoms with Crippen LogP contribution >= 0.6 is 0 Å². The van der Waals surface area contributed by atoms with Gasteiger partial charge in [0.15, 0.2) is 0 Å². The molecule has 1 N–H and O–H groups in total. The number of benzene rings is 2. The number of carbonyl (C=O) groups is 2. The molecule has 2 aromatic heterocycles. The summed E-state index contributed by atoms with van der Waals surface area (Å²) in [6.45, 7) is 4.29. The third-order valence-corrected chi connectivity index (χ3v) is 7.66. The fourth-order valence-corrected chi connectivity index (χ4v) is 5.52. The van der Waals surface area contributed by atoms with Crippen molar-refractivity contribution in [2.75, 3.05) is 0 Å². The summed E-state index contributed by atoms with van der Waals surface area (Å²) in [6, 6.07) is 18.8. The first-order valence-electron chi connectivity index (χ1n) is 13.0. The molecule has 4 aromatic rings. The minimum atomic E-state index is -0.957. The topological polar surface area (TPSA) is 80.9 Å². The molecule has 0 spiro atoms. The zero-order valence-corrected chi connectivity index (χ0v) is 21.4. The molecule has 0 aliphatic heterocycles. The predicted molar refractivity (Wildman–Crippen MR) is 143 cm³/mol. The third kappa shape index (κ3) is 4.64. The van der Waals surface area contributed by atoms with E-state index < -0.39 is 11.4 Å². The van der Waals surface area contributed by atoms with E-state index in [2.05, 4.69) is 6.92 Å². The number of esters is 1. The number of aromatic nitrogens is 2. The first-order chi connectivity index (χ1) is 17.9. The minimum Gasteiger partial charge on any atom is -0.478 e. The molecule has 6 nitrogen and oxygen atoms in total. The molecule has 1 saturated carbocycles. The molecule has 0 amide bonds. The number of nitrogens with zero attached hydrogens (tertiary/aromatic N) is 2. The number of aromatic carboxylic acids is 1. The molecular formula is C31H32N2O4. The highest BCUT2D eigenvalue weighted by molar-refractivity contribution is 5.96. The molecule has 0 radical (unpaired) electrons. The second-order valence-electron chi connectivity index (χ2n) is 9.93. The van der Waals surface area contributed by atoms with Gasteiger partial charge in [-0.05, 0) is 60.6 Å². The van der Waals surface area contributed by atoms with Crippen LogP contribution in [0.15, 0.2) is 66.9 Å². The van der Waals surface area contributed by atoms with Crippen molar-refractivity contribution in [1.29, 1.82) is 0 Å². The van der Waals surface area contributed by atoms with Crippen molar-refractivity contribution in [3.05, 3.63) is 94.9 Å². The van der Waals surface area contributed by atoms with Crippen molar-refractivity contribution in [2.45, 2.75) is 64.4 Å². The number of aryl methyl sites for hydroxylation is 2. The zero-order valence-electron chi connectivity index (χ0n) is 21.4. The van der Waals surface area contributed by atoms with Gasteiger partial charge < -0.3 is 14.2 Å². The van der Waals surface area contributed by atoms with E-state index in [1.54, 1.807) is 12.1 Å². The molecular weight excluding hydrogens is 464 g/mol. The van der Waals surface area contributed by atoms with Crippen LogP contribution in [0.1, 0.15) is 71.9 Å². The van der Waals surface area contributed by atoms with E-state index >= 15 is 0 Å². The summed E-state index contributed by atoms with van der Waals surface area (Å²) in [4.78, 5) is 30.1. The zero-order chi connectivity index (χ0) is 26.0. The van der Waals surface area contributed by atoms with Crippen LogP contribution in [-0.2, 0) is 28.0 Å². The predicted octanol–water partition coefficient (Wildman–Crippen LogP) is 6.52. The molecule has 2 heterocycles. The van der Waals surface area contributed by atoms with Gasteiger partial charge in [0.05, 0.1) is 22.4 Å². The molecule has 0 unspecified atom stereocenters. The van der Waals surface area contributed by atoms with Gasteiger partial charge in [0, 0.05) is 6.20 Å². The van der Waals surface area contributed by atoms with Gasteiger partial charge in [-0.2, -0.15) is 0 Å². The third-order valence-electron chi connectivity index (χ3n) is 7.66. The lowest BCUT2D eigenvalue weighted by molar-refractivity contribution is -0.153. The number of carboxylic acid groups (broad SMARTS) is 1. The molecule has 5 rings (SSSR count). The van der Waals surface area contributed by atoms with Crippen molar-refractivity contribution in [2.24, 2.45) is 0 Å². The Morgan fingerprint density at radius 3 is 2.43 bits per heavy atom. The van der Waals surface area contributed by atoms with E-state index in [1.165, 1.54) is 0 Å². The minimum absolute atomic E-state index is 0.181. The SMILES string of the molecule is CCc1cn2c(COC(=O)C3(c4ccc(-c5ccccc5C(=O)O)cc4)CCCCC3)ccc(C)c2n1. The summed E-state index contributed by atoms with van der Waals surface area (Å²) in [5.74, 6) is -1.16. The van der Waals surface area contributed by atoms with Gasteiger partial charge in [-0.25, -0.2) is 9.78 Å². The monoisotopic (exact) mass is 496 g/mol. The summed E-state index contributed by atoms with van der Waals surface area (Å²) < 4.78 is 8.05. The number of hydrogen-bond acceptors (Lipinski definition) is 4. The van der Waals surface area contributed by atoms with E-state index in [0.29, 0.717) is 5.56 Å². The first-order valence-corrected chi connectivity index (χ1v) is 13.0. The van der Waals surface area contributed by atoms with E-state index in [-0.39, 0.29) is 18.1 Å². The maximum Gasteiger partial charge on any atom is 0.336 e. The Bertz CT molecular complexity index is 1450. The summed E-state index contributed by atoms with van der Waals surface area (Å²) >= 11 is 0. The first kappa shape index (κ1) is 24.8. The summed E-state index contributed by atoms with van der Waals surface area (Å²) in [7, 11) is 0. The molecule has 0 saturated heterocycles. The van der Waals surface area contributed by atoms with Gasteiger partial charge in [0.1, 0.15) is 12.3 Å². The largest absolute Gasteiger partial charge is 0.478 e. The Hall–Kier alpha value is -3.93. The summed E-state index contributed by atoms with van der Waals surface area (Å²) in [5.41, 5.74) is 5.86. The average Bonchev–Trinajstić information content (AvgIpc) is 3.39. The quantitative estimate of drug-likeness (QED) is 0.295. The number of imidazole rings is 1. The number of rotatable bonds is 7. The van der Waals surface area contributed by atoms with E-state index in [4.69, 9.17) is 9.72 Å². The van der Waals surface area contributed by atoms with Crippen LogP contribution in [0.3, 0.4) is 0 Å². The summed E-state index contributed by atoms with van der Waals surface area (Å²) in [6.07, 6.45) is 7.39. The Kier molecular flexibility index (Phi) is 6.83. The lowest BCUT2D eigenvalue weighted by Crippen LogP contribution is -2.39. The number of ether oxygens (including phenoxy) is 1. The van der Waals surface area contributed by atoms with Crippen molar-refractivity contribution in [3.8, 4) is 11.1 Å². The lowest BCUT2D eigenvalue weighted by Gasteiger charge is -2.35. The van der Waals surface area contributed by atoms with E-state index in [9.17, 15) is 14.7 Å². The standard InChI is InChI=1S/C31H32N2O4/c1-3-24-19-33-25(16-11-21(2)28(33)32-24)20-37-30(36)31(17-7-4-8-18-31)23-14-12-22(13-15-23)26-9-5-6-10-27(26)29(34)35/h5-6,9-16,19H,3-4,7-8,17-18,20H2,1-2H3,(H,34,35). The van der Waals surface area contributed by atoms with Crippen LogP contribution in [0.2, 0.25) is 0 Å². The van der Waals surface area contributed by atoms with Gasteiger partial charge in [-0.15, -0.1) is 0 Å². The Balaban J connectivity index is 1.42. The highest BCUT2D eigenvalue weighted by Crippen LogP contribution is 2.41. The number of pyridine rings is 1. The summed E-state index contributed by atoms with van der Waals surface area (Å²) in [5, 5.41) is 9.58. The molecule has 2 aromatic carbocycles. The molecule has 1 aliphatic carbocycles. The average molecular weight is 497 g/mol. The molecule has 0 atom stereocenters. The van der Waals surface area contributed by atoms with Gasteiger partial charge in [0.2, 0.25) is 0 Å². The maximum atomic E-state index is 13.7. The van der Waals surface area contributed by atoms with Crippen molar-refractivity contribution in [1.82, 2.24) is 9.38 Å². The van der Waals surface area contributed by atoms with Crippen molar-refractivity contribution in [3.63, 3.8) is 0 Å². The van der Waals surface area contributed by atoms with Gasteiger partial charge in [-0.1, -0.05) is 74.7 Å². The van der Waals surface area contributed by atoms with Gasteiger partial charge in [-0.3, -0.25) is 4.79 Å². The molecule has 1 fully saturated rings. The highest BCUT2D eigenvalue weighted by Gasteiger charge is 2.42. The number of hydrogen-bond donors (Lipinski definition) is 1. The molecule has 6 heteroatoms. The van der Waals surface area contributed by atoms with E-state index in [0.717, 1.165) is 72.3 Å². The second-order valence-corrected chi connectivity index (χ2v) is 9.93. The van der Waals surface area contributed by atoms with Crippen molar-refractivity contribution < 1.29 is 19.4 Å². The fraction of sp³-hybridized carbons (Fsp3) is 0.323. The molecule has 1 aliphatic rings. The van der Waals surface area contributed by atoms with Crippen LogP contribution in [0.4, 0.5) is 0 Å². The second kappa shape index (κ2) is 10.2. The van der Waals surface area contributed by atoms with Crippen LogP contribution < -0.4 is 0 Å². The fourth-order valence-electron chi connectivity index (χ4n) is 5.52. The van der Waals surface area contributed by atoms with Gasteiger partial charge in [0.25, 0.3) is 0 Å². The molecule has 37 heavy (non-hydrogen) atoms. The van der Waals surface area contributed by atoms with Gasteiger partial charge >= 0.3 is 11.9 Å². The Morgan fingerprint density at radius 1 is 1.00 bits per heavy atom. The number of fused-ring (bicyclic) bond motifs is 1. The Morgan fingerprint density at radius 2 is 1.73 bits per heavy atom.